The number of rotatable bonds is 5. The normalized spacial score (nSPS) is 10.5. The Bertz CT molecular complexity index is 1190. The molecule has 0 unspecified atom stereocenters. The van der Waals surface area contributed by atoms with Gasteiger partial charge >= 0.3 is 0 Å². The molecular formula is C24H19N3O2. The molecule has 5 heteroatoms. The molecule has 1 N–H and O–H groups in total. The minimum Gasteiger partial charge on any atom is -0.305 e. The van der Waals surface area contributed by atoms with E-state index in [1.54, 1.807) is 12.3 Å². The van der Waals surface area contributed by atoms with E-state index in [-0.39, 0.29) is 18.0 Å². The van der Waals surface area contributed by atoms with Crippen LogP contribution in [-0.2, 0) is 11.3 Å². The second-order valence-electron chi connectivity index (χ2n) is 6.56. The molecule has 4 rings (SSSR count). The second-order valence-corrected chi connectivity index (χ2v) is 6.56. The standard InChI is InChI=1S/C24H19N3O2/c28-22(17-27-16-15-18-9-7-8-14-21(18)24(27)29)25-26-23(19-10-3-1-4-11-19)20-12-5-2-6-13-20/h1-16H,17H2,(H,25,28). The van der Waals surface area contributed by atoms with Crippen molar-refractivity contribution < 1.29 is 4.79 Å². The first kappa shape index (κ1) is 18.4. The zero-order chi connectivity index (χ0) is 20.1. The van der Waals surface area contributed by atoms with Crippen LogP contribution in [0.1, 0.15) is 11.1 Å². The maximum Gasteiger partial charge on any atom is 0.260 e. The highest BCUT2D eigenvalue weighted by molar-refractivity contribution is 6.13. The average Bonchev–Trinajstić information content (AvgIpc) is 2.77. The average molecular weight is 381 g/mol. The van der Waals surface area contributed by atoms with E-state index in [4.69, 9.17) is 0 Å². The van der Waals surface area contributed by atoms with Gasteiger partial charge in [-0.3, -0.25) is 9.59 Å². The second kappa shape index (κ2) is 8.35. The molecule has 0 saturated heterocycles. The van der Waals surface area contributed by atoms with Gasteiger partial charge in [0.1, 0.15) is 6.54 Å². The van der Waals surface area contributed by atoms with Crippen molar-refractivity contribution in [2.24, 2.45) is 5.10 Å². The number of benzene rings is 3. The third-order valence-corrected chi connectivity index (χ3v) is 4.59. The van der Waals surface area contributed by atoms with Gasteiger partial charge in [-0.25, -0.2) is 5.43 Å². The van der Waals surface area contributed by atoms with Gasteiger partial charge in [-0.05, 0) is 17.5 Å². The Balaban J connectivity index is 1.59. The molecule has 3 aromatic carbocycles. The molecule has 0 aliphatic rings. The minimum atomic E-state index is -0.369. The summed E-state index contributed by atoms with van der Waals surface area (Å²) >= 11 is 0. The molecule has 1 aromatic heterocycles. The highest BCUT2D eigenvalue weighted by atomic mass is 16.2. The number of aromatic nitrogens is 1. The summed E-state index contributed by atoms with van der Waals surface area (Å²) < 4.78 is 1.39. The molecule has 5 nitrogen and oxygen atoms in total. The number of hydrogen-bond acceptors (Lipinski definition) is 3. The molecule has 0 radical (unpaired) electrons. The van der Waals surface area contributed by atoms with Crippen LogP contribution in [0, 0.1) is 0 Å². The van der Waals surface area contributed by atoms with Crippen LogP contribution in [0.2, 0.25) is 0 Å². The fourth-order valence-electron chi connectivity index (χ4n) is 3.15. The lowest BCUT2D eigenvalue weighted by Crippen LogP contribution is -2.30. The number of nitrogens with zero attached hydrogens (tertiary/aromatic N) is 2. The lowest BCUT2D eigenvalue weighted by Gasteiger charge is -2.09. The van der Waals surface area contributed by atoms with Crippen molar-refractivity contribution in [2.75, 3.05) is 0 Å². The Morgan fingerprint density at radius 2 is 1.38 bits per heavy atom. The van der Waals surface area contributed by atoms with Gasteiger partial charge < -0.3 is 4.57 Å². The minimum absolute atomic E-state index is 0.107. The Hall–Kier alpha value is -3.99. The molecule has 4 aromatic rings. The summed E-state index contributed by atoms with van der Waals surface area (Å²) in [5.74, 6) is -0.369. The summed E-state index contributed by atoms with van der Waals surface area (Å²) in [6, 6.07) is 28.4. The fraction of sp³-hybridized carbons (Fsp3) is 0.0417. The number of hydrazone groups is 1. The van der Waals surface area contributed by atoms with Crippen LogP contribution >= 0.6 is 0 Å². The topological polar surface area (TPSA) is 63.5 Å². The first-order valence-corrected chi connectivity index (χ1v) is 9.28. The van der Waals surface area contributed by atoms with Crippen LogP contribution in [0.4, 0.5) is 0 Å². The first-order chi connectivity index (χ1) is 14.2. The zero-order valence-corrected chi connectivity index (χ0v) is 15.7. The first-order valence-electron chi connectivity index (χ1n) is 9.28. The van der Waals surface area contributed by atoms with Gasteiger partial charge in [-0.2, -0.15) is 5.10 Å². The Morgan fingerprint density at radius 3 is 2.03 bits per heavy atom. The molecule has 1 heterocycles. The Morgan fingerprint density at radius 1 is 0.793 bits per heavy atom. The summed E-state index contributed by atoms with van der Waals surface area (Å²) in [4.78, 5) is 25.1. The van der Waals surface area contributed by atoms with E-state index in [0.717, 1.165) is 16.5 Å². The maximum absolute atomic E-state index is 12.6. The lowest BCUT2D eigenvalue weighted by atomic mass is 10.0. The van der Waals surface area contributed by atoms with E-state index >= 15 is 0 Å². The SMILES string of the molecule is O=C(Cn1ccc2ccccc2c1=O)NN=C(c1ccccc1)c1ccccc1. The Kier molecular flexibility index (Phi) is 5.29. The summed E-state index contributed by atoms with van der Waals surface area (Å²) in [5.41, 5.74) is 4.83. The highest BCUT2D eigenvalue weighted by Crippen LogP contribution is 2.11. The van der Waals surface area contributed by atoms with Crippen LogP contribution in [0.15, 0.2) is 107 Å². The van der Waals surface area contributed by atoms with Crippen LogP contribution in [0.25, 0.3) is 10.8 Å². The van der Waals surface area contributed by atoms with Gasteiger partial charge in [0, 0.05) is 22.7 Å². The van der Waals surface area contributed by atoms with Crippen molar-refractivity contribution in [1.29, 1.82) is 0 Å². The molecule has 0 aliphatic heterocycles. The molecule has 0 saturated carbocycles. The van der Waals surface area contributed by atoms with Crippen LogP contribution in [0.5, 0.6) is 0 Å². The third-order valence-electron chi connectivity index (χ3n) is 4.59. The zero-order valence-electron chi connectivity index (χ0n) is 15.7. The number of fused-ring (bicyclic) bond motifs is 1. The Labute approximate surface area is 167 Å². The number of hydrogen-bond donors (Lipinski definition) is 1. The molecule has 0 fully saturated rings. The largest absolute Gasteiger partial charge is 0.305 e. The van der Waals surface area contributed by atoms with Crippen molar-refractivity contribution in [3.63, 3.8) is 0 Å². The molecule has 1 amide bonds. The number of pyridine rings is 1. The van der Waals surface area contributed by atoms with Crippen molar-refractivity contribution >= 4 is 22.4 Å². The third kappa shape index (κ3) is 4.14. The molecule has 0 spiro atoms. The van der Waals surface area contributed by atoms with Gasteiger partial charge in [0.2, 0.25) is 0 Å². The molecule has 0 aliphatic carbocycles. The number of nitrogens with one attached hydrogen (secondary N) is 1. The maximum atomic E-state index is 12.6. The molecular weight excluding hydrogens is 362 g/mol. The quantitative estimate of drug-likeness (QED) is 0.424. The predicted molar refractivity (Wildman–Crippen MR) is 115 cm³/mol. The molecule has 0 bridgehead atoms. The van der Waals surface area contributed by atoms with E-state index in [9.17, 15) is 9.59 Å². The summed E-state index contributed by atoms with van der Waals surface area (Å²) in [6.07, 6.45) is 1.63. The number of amides is 1. The van der Waals surface area contributed by atoms with E-state index in [0.29, 0.717) is 11.1 Å². The van der Waals surface area contributed by atoms with Gasteiger partial charge in [0.25, 0.3) is 11.5 Å². The van der Waals surface area contributed by atoms with Crippen molar-refractivity contribution in [3.05, 3.63) is 119 Å². The number of carbonyl (C=O) groups is 1. The van der Waals surface area contributed by atoms with Crippen LogP contribution in [-0.4, -0.2) is 16.2 Å². The van der Waals surface area contributed by atoms with Crippen molar-refractivity contribution in [2.45, 2.75) is 6.54 Å². The number of carbonyl (C=O) groups excluding carboxylic acids is 1. The van der Waals surface area contributed by atoms with Gasteiger partial charge in [0.05, 0.1) is 5.71 Å². The van der Waals surface area contributed by atoms with Gasteiger partial charge in [0.15, 0.2) is 0 Å². The highest BCUT2D eigenvalue weighted by Gasteiger charge is 2.09. The van der Waals surface area contributed by atoms with Gasteiger partial charge in [-0.1, -0.05) is 78.9 Å². The molecule has 29 heavy (non-hydrogen) atoms. The summed E-state index contributed by atoms with van der Waals surface area (Å²) in [5, 5.41) is 5.79. The van der Waals surface area contributed by atoms with Crippen molar-refractivity contribution in [3.8, 4) is 0 Å². The van der Waals surface area contributed by atoms with E-state index in [1.807, 2.05) is 84.9 Å². The fourth-order valence-corrected chi connectivity index (χ4v) is 3.15. The van der Waals surface area contributed by atoms with Gasteiger partial charge in [-0.15, -0.1) is 0 Å². The van der Waals surface area contributed by atoms with E-state index < -0.39 is 0 Å². The lowest BCUT2D eigenvalue weighted by molar-refractivity contribution is -0.121. The van der Waals surface area contributed by atoms with E-state index in [1.165, 1.54) is 4.57 Å². The monoisotopic (exact) mass is 381 g/mol. The van der Waals surface area contributed by atoms with Crippen LogP contribution in [0.3, 0.4) is 0 Å². The van der Waals surface area contributed by atoms with E-state index in [2.05, 4.69) is 10.5 Å². The summed E-state index contributed by atoms with van der Waals surface area (Å²) in [7, 11) is 0. The summed E-state index contributed by atoms with van der Waals surface area (Å²) in [6.45, 7) is -0.107. The molecule has 0 atom stereocenters. The van der Waals surface area contributed by atoms with Crippen LogP contribution < -0.4 is 11.0 Å². The van der Waals surface area contributed by atoms with Crippen molar-refractivity contribution in [1.82, 2.24) is 9.99 Å². The molecule has 142 valence electrons. The predicted octanol–water partition coefficient (Wildman–Crippen LogP) is 3.57. The smallest absolute Gasteiger partial charge is 0.260 e.